The van der Waals surface area contributed by atoms with Gasteiger partial charge in [-0.1, -0.05) is 24.3 Å². The lowest BCUT2D eigenvalue weighted by atomic mass is 9.96. The lowest BCUT2D eigenvalue weighted by Gasteiger charge is -2.31. The number of nitrogens with two attached hydrogens (primary N) is 1. The predicted molar refractivity (Wildman–Crippen MR) is 125 cm³/mol. The second-order valence-corrected chi connectivity index (χ2v) is 8.96. The highest BCUT2D eigenvalue weighted by molar-refractivity contribution is 5.79. The van der Waals surface area contributed by atoms with E-state index in [-0.39, 0.29) is 11.8 Å². The van der Waals surface area contributed by atoms with E-state index in [9.17, 15) is 4.79 Å². The van der Waals surface area contributed by atoms with Gasteiger partial charge in [0, 0.05) is 53.5 Å². The van der Waals surface area contributed by atoms with Gasteiger partial charge < -0.3 is 20.7 Å². The Balaban J connectivity index is 1.47. The largest absolute Gasteiger partial charge is 0.381 e. The van der Waals surface area contributed by atoms with Crippen molar-refractivity contribution in [1.82, 2.24) is 15.1 Å². The topological polar surface area (TPSA) is 83.2 Å². The van der Waals surface area contributed by atoms with Gasteiger partial charge >= 0.3 is 0 Å². The van der Waals surface area contributed by atoms with Crippen LogP contribution in [0, 0.1) is 11.8 Å². The van der Waals surface area contributed by atoms with E-state index in [4.69, 9.17) is 10.5 Å². The Hall–Kier alpha value is -2.12. The molecule has 2 saturated heterocycles. The average molecular weight is 430 g/mol. The molecule has 2 aliphatic heterocycles. The van der Waals surface area contributed by atoms with E-state index in [1.165, 1.54) is 30.4 Å². The number of aliphatic imine (C=N–C) groups is 1. The summed E-state index contributed by atoms with van der Waals surface area (Å²) in [5, 5.41) is 3.50. The van der Waals surface area contributed by atoms with E-state index in [2.05, 4.69) is 51.4 Å². The van der Waals surface area contributed by atoms with Crippen molar-refractivity contribution in [2.24, 2.45) is 22.6 Å². The van der Waals surface area contributed by atoms with E-state index < -0.39 is 0 Å². The number of hydrogen-bond donors (Lipinski definition) is 2. The Bertz CT molecular complexity index is 732. The molecule has 2 heterocycles. The summed E-state index contributed by atoms with van der Waals surface area (Å²) >= 11 is 0. The van der Waals surface area contributed by atoms with Crippen molar-refractivity contribution in [2.45, 2.75) is 45.2 Å². The number of ether oxygens (including phenoxy) is 1. The number of nitrogens with one attached hydrogen (secondary N) is 1. The number of benzene rings is 1. The summed E-state index contributed by atoms with van der Waals surface area (Å²) in [5.74, 6) is 1.50. The van der Waals surface area contributed by atoms with Crippen molar-refractivity contribution < 1.29 is 9.53 Å². The van der Waals surface area contributed by atoms with E-state index in [0.717, 1.165) is 70.7 Å². The predicted octanol–water partition coefficient (Wildman–Crippen LogP) is 2.21. The molecular formula is C24H39N5O2. The van der Waals surface area contributed by atoms with Crippen molar-refractivity contribution in [3.8, 4) is 0 Å². The molecule has 1 aromatic rings. The van der Waals surface area contributed by atoms with Crippen LogP contribution in [0.1, 0.15) is 43.2 Å². The molecule has 1 unspecified atom stereocenters. The Morgan fingerprint density at radius 2 is 2.06 bits per heavy atom. The van der Waals surface area contributed by atoms with Gasteiger partial charge in [0.25, 0.3) is 0 Å². The summed E-state index contributed by atoms with van der Waals surface area (Å²) < 4.78 is 5.46. The molecule has 1 atom stereocenters. The first-order valence-corrected chi connectivity index (χ1v) is 11.6. The molecule has 2 aliphatic rings. The minimum Gasteiger partial charge on any atom is -0.381 e. The van der Waals surface area contributed by atoms with Crippen LogP contribution in [0.5, 0.6) is 0 Å². The zero-order valence-electron chi connectivity index (χ0n) is 19.2. The van der Waals surface area contributed by atoms with Gasteiger partial charge in [-0.25, -0.2) is 0 Å². The van der Waals surface area contributed by atoms with Crippen LogP contribution in [-0.4, -0.2) is 68.6 Å². The molecule has 0 saturated carbocycles. The van der Waals surface area contributed by atoms with Gasteiger partial charge in [-0.2, -0.15) is 0 Å². The number of piperidine rings is 1. The zero-order valence-corrected chi connectivity index (χ0v) is 19.2. The highest BCUT2D eigenvalue weighted by Crippen LogP contribution is 2.20. The maximum atomic E-state index is 11.5. The van der Waals surface area contributed by atoms with E-state index >= 15 is 0 Å². The first-order valence-electron chi connectivity index (χ1n) is 11.6. The van der Waals surface area contributed by atoms with Crippen LogP contribution in [0.15, 0.2) is 29.3 Å². The maximum Gasteiger partial charge on any atom is 0.221 e. The standard InChI is InChI=1S/C24H39N5O2/c1-26-24(28(2)12-8-19-9-13-31-14-10-19)27-16-20-5-3-6-21(15-20)17-29-11-4-7-22(18-29)23(25)30/h3,5-6,15,19,22H,4,7-14,16-18H2,1-2H3,(H2,25,30)(H,26,27). The SMILES string of the molecule is CN=C(NCc1cccc(CN2CCCC(C(N)=O)C2)c1)N(C)CCC1CCOCC1. The summed E-state index contributed by atoms with van der Waals surface area (Å²) in [4.78, 5) is 20.6. The first kappa shape index (κ1) is 23.5. The fraction of sp³-hybridized carbons (Fsp3) is 0.667. The van der Waals surface area contributed by atoms with Crippen LogP contribution in [0.25, 0.3) is 0 Å². The molecule has 172 valence electrons. The highest BCUT2D eigenvalue weighted by Gasteiger charge is 2.23. The zero-order chi connectivity index (χ0) is 22.1. The minimum atomic E-state index is -0.171. The summed E-state index contributed by atoms with van der Waals surface area (Å²) in [6, 6.07) is 8.66. The second kappa shape index (κ2) is 12.1. The lowest BCUT2D eigenvalue weighted by molar-refractivity contribution is -0.123. The van der Waals surface area contributed by atoms with Crippen LogP contribution >= 0.6 is 0 Å². The van der Waals surface area contributed by atoms with Gasteiger partial charge in [0.1, 0.15) is 0 Å². The normalized spacial score (nSPS) is 21.1. The molecule has 0 bridgehead atoms. The van der Waals surface area contributed by atoms with Crippen LogP contribution in [0.4, 0.5) is 0 Å². The molecule has 3 rings (SSSR count). The van der Waals surface area contributed by atoms with Gasteiger partial charge in [0.05, 0.1) is 5.92 Å². The van der Waals surface area contributed by atoms with Gasteiger partial charge in [-0.3, -0.25) is 14.7 Å². The first-order chi connectivity index (χ1) is 15.0. The number of nitrogens with zero attached hydrogens (tertiary/aromatic N) is 3. The smallest absolute Gasteiger partial charge is 0.221 e. The second-order valence-electron chi connectivity index (χ2n) is 8.96. The maximum absolute atomic E-state index is 11.5. The molecule has 1 amide bonds. The summed E-state index contributed by atoms with van der Waals surface area (Å²) in [7, 11) is 3.95. The summed E-state index contributed by atoms with van der Waals surface area (Å²) in [6.07, 6.45) is 5.47. The van der Waals surface area contributed by atoms with Crippen molar-refractivity contribution in [3.63, 3.8) is 0 Å². The molecule has 3 N–H and O–H groups in total. The fourth-order valence-corrected chi connectivity index (χ4v) is 4.61. The highest BCUT2D eigenvalue weighted by atomic mass is 16.5. The number of guanidine groups is 1. The molecule has 0 spiro atoms. The number of rotatable bonds is 8. The molecule has 31 heavy (non-hydrogen) atoms. The summed E-state index contributed by atoms with van der Waals surface area (Å²) in [5.41, 5.74) is 8.03. The third kappa shape index (κ3) is 7.51. The van der Waals surface area contributed by atoms with Gasteiger partial charge in [-0.15, -0.1) is 0 Å². The van der Waals surface area contributed by atoms with Gasteiger partial charge in [0.15, 0.2) is 5.96 Å². The number of amides is 1. The van der Waals surface area contributed by atoms with Crippen molar-refractivity contribution >= 4 is 11.9 Å². The molecule has 0 aromatic heterocycles. The van der Waals surface area contributed by atoms with Gasteiger partial charge in [0.2, 0.25) is 5.91 Å². The molecule has 7 heteroatoms. The van der Waals surface area contributed by atoms with Gasteiger partial charge in [-0.05, 0) is 55.7 Å². The number of carbonyl (C=O) groups excluding carboxylic acids is 1. The van der Waals surface area contributed by atoms with Crippen molar-refractivity contribution in [2.75, 3.05) is 46.9 Å². The fourth-order valence-electron chi connectivity index (χ4n) is 4.61. The van der Waals surface area contributed by atoms with Crippen LogP contribution in [0.3, 0.4) is 0 Å². The molecule has 1 aromatic carbocycles. The van der Waals surface area contributed by atoms with Crippen LogP contribution in [-0.2, 0) is 22.6 Å². The average Bonchev–Trinajstić information content (AvgIpc) is 2.79. The Kier molecular flexibility index (Phi) is 9.15. The van der Waals surface area contributed by atoms with E-state index in [1.54, 1.807) is 0 Å². The molecule has 0 aliphatic carbocycles. The summed E-state index contributed by atoms with van der Waals surface area (Å²) in [6.45, 7) is 6.19. The Labute approximate surface area is 187 Å². The van der Waals surface area contributed by atoms with Crippen LogP contribution < -0.4 is 11.1 Å². The molecule has 7 nitrogen and oxygen atoms in total. The molecule has 0 radical (unpaired) electrons. The third-order valence-corrected chi connectivity index (χ3v) is 6.54. The lowest BCUT2D eigenvalue weighted by Crippen LogP contribution is -2.40. The van der Waals surface area contributed by atoms with E-state index in [0.29, 0.717) is 0 Å². The molecule has 2 fully saturated rings. The quantitative estimate of drug-likeness (QED) is 0.489. The minimum absolute atomic E-state index is 0.0152. The number of likely N-dealkylation sites (tertiary alicyclic amines) is 1. The Morgan fingerprint density at radius 1 is 1.29 bits per heavy atom. The molecular weight excluding hydrogens is 390 g/mol. The number of carbonyl (C=O) groups is 1. The van der Waals surface area contributed by atoms with Crippen LogP contribution in [0.2, 0.25) is 0 Å². The number of primary amides is 1. The monoisotopic (exact) mass is 429 g/mol. The van der Waals surface area contributed by atoms with Crippen molar-refractivity contribution in [1.29, 1.82) is 0 Å². The van der Waals surface area contributed by atoms with Crippen molar-refractivity contribution in [3.05, 3.63) is 35.4 Å². The number of hydrogen-bond acceptors (Lipinski definition) is 4. The van der Waals surface area contributed by atoms with E-state index in [1.807, 2.05) is 7.05 Å². The Morgan fingerprint density at radius 3 is 2.81 bits per heavy atom. The third-order valence-electron chi connectivity index (χ3n) is 6.54.